The fourth-order valence-electron chi connectivity index (χ4n) is 3.59. The van der Waals surface area contributed by atoms with Crippen molar-refractivity contribution < 1.29 is 0 Å². The standard InChI is InChI=1S/C20H26N4/c1-14-12-19(17-9-7-16(8-10-17)15-5-6-15)22-23-20(14)21-18-4-3-11-24(2)13-18/h7-10,12,15,18H,3-6,11,13H2,1-2H3,(H,21,23)/t18-/m1/s1. The molecule has 1 N–H and O–H groups in total. The second-order valence-corrected chi connectivity index (χ2v) is 7.40. The molecule has 0 amide bonds. The van der Waals surface area contributed by atoms with Gasteiger partial charge in [-0.3, -0.25) is 0 Å². The molecule has 0 unspecified atom stereocenters. The Bertz CT molecular complexity index is 706. The Morgan fingerprint density at radius 3 is 2.54 bits per heavy atom. The van der Waals surface area contributed by atoms with Gasteiger partial charge >= 0.3 is 0 Å². The highest BCUT2D eigenvalue weighted by Gasteiger charge is 2.23. The van der Waals surface area contributed by atoms with E-state index in [4.69, 9.17) is 0 Å². The number of likely N-dealkylation sites (N-methyl/N-ethyl adjacent to an activating group) is 1. The number of likely N-dealkylation sites (tertiary alicyclic amines) is 1. The molecule has 1 aromatic carbocycles. The highest BCUT2D eigenvalue weighted by Crippen LogP contribution is 2.40. The van der Waals surface area contributed by atoms with Crippen molar-refractivity contribution >= 4 is 5.82 Å². The molecule has 0 spiro atoms. The molecule has 0 radical (unpaired) electrons. The molecule has 1 saturated carbocycles. The number of nitrogens with zero attached hydrogens (tertiary/aromatic N) is 3. The van der Waals surface area contributed by atoms with Crippen LogP contribution in [0.2, 0.25) is 0 Å². The van der Waals surface area contributed by atoms with Gasteiger partial charge in [-0.15, -0.1) is 10.2 Å². The normalized spacial score (nSPS) is 21.7. The molecule has 1 atom stereocenters. The largest absolute Gasteiger partial charge is 0.364 e. The number of benzene rings is 1. The van der Waals surface area contributed by atoms with Crippen molar-refractivity contribution in [1.82, 2.24) is 15.1 Å². The zero-order valence-electron chi connectivity index (χ0n) is 14.6. The van der Waals surface area contributed by atoms with Crippen molar-refractivity contribution in [3.63, 3.8) is 0 Å². The van der Waals surface area contributed by atoms with E-state index in [2.05, 4.69) is 64.7 Å². The van der Waals surface area contributed by atoms with Crippen molar-refractivity contribution in [2.45, 2.75) is 44.6 Å². The zero-order chi connectivity index (χ0) is 16.5. The average Bonchev–Trinajstić information content (AvgIpc) is 3.42. The summed E-state index contributed by atoms with van der Waals surface area (Å²) in [4.78, 5) is 2.37. The smallest absolute Gasteiger partial charge is 0.151 e. The van der Waals surface area contributed by atoms with Gasteiger partial charge in [0, 0.05) is 18.2 Å². The number of hydrogen-bond donors (Lipinski definition) is 1. The van der Waals surface area contributed by atoms with Gasteiger partial charge < -0.3 is 10.2 Å². The topological polar surface area (TPSA) is 41.1 Å². The van der Waals surface area contributed by atoms with E-state index in [0.29, 0.717) is 6.04 Å². The summed E-state index contributed by atoms with van der Waals surface area (Å²) in [5, 5.41) is 12.5. The van der Waals surface area contributed by atoms with Crippen LogP contribution in [-0.2, 0) is 0 Å². The number of hydrogen-bond acceptors (Lipinski definition) is 4. The zero-order valence-corrected chi connectivity index (χ0v) is 14.6. The lowest BCUT2D eigenvalue weighted by Gasteiger charge is -2.30. The summed E-state index contributed by atoms with van der Waals surface area (Å²) >= 11 is 0. The van der Waals surface area contributed by atoms with Crippen LogP contribution >= 0.6 is 0 Å². The van der Waals surface area contributed by atoms with E-state index in [1.807, 2.05) is 0 Å². The summed E-state index contributed by atoms with van der Waals surface area (Å²) < 4.78 is 0. The molecular weight excluding hydrogens is 296 g/mol. The number of anilines is 1. The third-order valence-corrected chi connectivity index (χ3v) is 5.21. The quantitative estimate of drug-likeness (QED) is 0.928. The SMILES string of the molecule is Cc1cc(-c2ccc(C3CC3)cc2)nnc1N[C@@H]1CCCN(C)C1. The first-order valence-corrected chi connectivity index (χ1v) is 9.09. The molecule has 1 saturated heterocycles. The molecule has 126 valence electrons. The fourth-order valence-corrected chi connectivity index (χ4v) is 3.59. The van der Waals surface area contributed by atoms with E-state index < -0.39 is 0 Å². The number of nitrogens with one attached hydrogen (secondary N) is 1. The number of aromatic nitrogens is 2. The highest BCUT2D eigenvalue weighted by molar-refractivity contribution is 5.62. The minimum absolute atomic E-state index is 0.473. The van der Waals surface area contributed by atoms with Gasteiger partial charge in [-0.25, -0.2) is 0 Å². The molecule has 4 nitrogen and oxygen atoms in total. The first-order valence-electron chi connectivity index (χ1n) is 9.09. The Kier molecular flexibility index (Phi) is 4.23. The Morgan fingerprint density at radius 2 is 1.88 bits per heavy atom. The molecule has 2 fully saturated rings. The molecule has 1 aromatic heterocycles. The van der Waals surface area contributed by atoms with Crippen LogP contribution in [0.4, 0.5) is 5.82 Å². The Hall–Kier alpha value is -1.94. The Balaban J connectivity index is 1.48. The fraction of sp³-hybridized carbons (Fsp3) is 0.500. The van der Waals surface area contributed by atoms with E-state index in [-0.39, 0.29) is 0 Å². The second kappa shape index (κ2) is 6.52. The minimum atomic E-state index is 0.473. The van der Waals surface area contributed by atoms with Crippen LogP contribution in [0.15, 0.2) is 30.3 Å². The van der Waals surface area contributed by atoms with Crippen LogP contribution in [0.25, 0.3) is 11.3 Å². The van der Waals surface area contributed by atoms with Crippen LogP contribution in [0.5, 0.6) is 0 Å². The van der Waals surface area contributed by atoms with Crippen LogP contribution in [0.1, 0.15) is 42.7 Å². The summed E-state index contributed by atoms with van der Waals surface area (Å²) in [6.07, 6.45) is 5.13. The van der Waals surface area contributed by atoms with Gasteiger partial charge in [-0.2, -0.15) is 0 Å². The molecular formula is C20H26N4. The van der Waals surface area contributed by atoms with Gasteiger partial charge in [-0.1, -0.05) is 24.3 Å². The predicted molar refractivity (Wildman–Crippen MR) is 98.3 cm³/mol. The summed E-state index contributed by atoms with van der Waals surface area (Å²) in [6, 6.07) is 11.5. The van der Waals surface area contributed by atoms with Crippen molar-refractivity contribution in [2.24, 2.45) is 0 Å². The third kappa shape index (κ3) is 3.44. The maximum Gasteiger partial charge on any atom is 0.151 e. The van der Waals surface area contributed by atoms with Gasteiger partial charge in [0.05, 0.1) is 5.69 Å². The van der Waals surface area contributed by atoms with Crippen LogP contribution in [-0.4, -0.2) is 41.3 Å². The molecule has 2 heterocycles. The lowest BCUT2D eigenvalue weighted by atomic mass is 10.0. The van der Waals surface area contributed by atoms with Gasteiger partial charge in [-0.05, 0) is 69.3 Å². The minimum Gasteiger partial charge on any atom is -0.364 e. The summed E-state index contributed by atoms with van der Waals surface area (Å²) in [7, 11) is 2.18. The summed E-state index contributed by atoms with van der Waals surface area (Å²) in [5.74, 6) is 1.72. The molecule has 4 rings (SSSR count). The van der Waals surface area contributed by atoms with E-state index in [0.717, 1.165) is 29.5 Å². The summed E-state index contributed by atoms with van der Waals surface area (Å²) in [5.41, 5.74) is 4.74. The average molecular weight is 322 g/mol. The van der Waals surface area contributed by atoms with Gasteiger partial charge in [0.2, 0.25) is 0 Å². The van der Waals surface area contributed by atoms with Crippen molar-refractivity contribution in [2.75, 3.05) is 25.5 Å². The molecule has 2 aromatic rings. The first-order chi connectivity index (χ1) is 11.7. The van der Waals surface area contributed by atoms with Gasteiger partial charge in [0.1, 0.15) is 0 Å². The first kappa shape index (κ1) is 15.6. The van der Waals surface area contributed by atoms with Crippen molar-refractivity contribution in [3.8, 4) is 11.3 Å². The lowest BCUT2D eigenvalue weighted by Crippen LogP contribution is -2.40. The van der Waals surface area contributed by atoms with Crippen LogP contribution in [0.3, 0.4) is 0 Å². The lowest BCUT2D eigenvalue weighted by molar-refractivity contribution is 0.260. The van der Waals surface area contributed by atoms with E-state index in [9.17, 15) is 0 Å². The van der Waals surface area contributed by atoms with E-state index in [1.54, 1.807) is 0 Å². The third-order valence-electron chi connectivity index (χ3n) is 5.21. The molecule has 1 aliphatic carbocycles. The number of piperidine rings is 1. The van der Waals surface area contributed by atoms with Crippen molar-refractivity contribution in [1.29, 1.82) is 0 Å². The van der Waals surface area contributed by atoms with Crippen LogP contribution < -0.4 is 5.32 Å². The predicted octanol–water partition coefficient (Wildman–Crippen LogP) is 3.84. The van der Waals surface area contributed by atoms with Crippen molar-refractivity contribution in [3.05, 3.63) is 41.5 Å². The molecule has 0 bridgehead atoms. The van der Waals surface area contributed by atoms with Gasteiger partial charge in [0.15, 0.2) is 5.82 Å². The second-order valence-electron chi connectivity index (χ2n) is 7.40. The van der Waals surface area contributed by atoms with Gasteiger partial charge in [0.25, 0.3) is 0 Å². The Morgan fingerprint density at radius 1 is 1.08 bits per heavy atom. The van der Waals surface area contributed by atoms with Crippen LogP contribution in [0, 0.1) is 6.92 Å². The molecule has 2 aliphatic rings. The van der Waals surface area contributed by atoms with E-state index in [1.165, 1.54) is 43.4 Å². The Labute approximate surface area is 144 Å². The molecule has 1 aliphatic heterocycles. The highest BCUT2D eigenvalue weighted by atomic mass is 15.2. The molecule has 24 heavy (non-hydrogen) atoms. The van der Waals surface area contributed by atoms with E-state index >= 15 is 0 Å². The summed E-state index contributed by atoms with van der Waals surface area (Å²) in [6.45, 7) is 4.38. The number of aryl methyl sites for hydroxylation is 1. The number of rotatable bonds is 4. The molecule has 4 heteroatoms. The monoisotopic (exact) mass is 322 g/mol. The maximum atomic E-state index is 4.46. The maximum absolute atomic E-state index is 4.46.